The number of rotatable bonds is 5. The van der Waals surface area contributed by atoms with Crippen LogP contribution in [0.5, 0.6) is 0 Å². The number of thiophene rings is 1. The molecule has 2 nitrogen and oxygen atoms in total. The molecule has 2 aromatic heterocycles. The smallest absolute Gasteiger partial charge is 0.310 e. The van der Waals surface area contributed by atoms with Crippen LogP contribution in [0.25, 0.3) is 0 Å². The van der Waals surface area contributed by atoms with Gasteiger partial charge in [-0.3, -0.25) is 0 Å². The van der Waals surface area contributed by atoms with Crippen LogP contribution in [0.4, 0.5) is 13.2 Å². The fourth-order valence-corrected chi connectivity index (χ4v) is 3.54. The van der Waals surface area contributed by atoms with Gasteiger partial charge in [0.25, 0.3) is 0 Å². The summed E-state index contributed by atoms with van der Waals surface area (Å²) in [6, 6.07) is 3.93. The lowest BCUT2D eigenvalue weighted by molar-refractivity contribution is -0.141. The van der Waals surface area contributed by atoms with Crippen molar-refractivity contribution in [2.24, 2.45) is 0 Å². The first-order valence-corrected chi connectivity index (χ1v) is 7.87. The third kappa shape index (κ3) is 4.04. The second-order valence-corrected chi connectivity index (χ2v) is 6.87. The highest BCUT2D eigenvalue weighted by Gasteiger charge is 2.37. The van der Waals surface area contributed by atoms with Crippen LogP contribution in [-0.4, -0.2) is 11.0 Å². The number of hydrogen-bond acceptors (Lipinski definition) is 4. The van der Waals surface area contributed by atoms with Crippen molar-refractivity contribution in [3.63, 3.8) is 0 Å². The number of thiazole rings is 1. The SMILES string of the molecule is CC(C)NCc1sc(Cc2cccs2)nc1C(F)(F)F. The molecule has 2 aromatic rings. The Labute approximate surface area is 123 Å². The lowest BCUT2D eigenvalue weighted by Crippen LogP contribution is -2.23. The number of halogens is 3. The van der Waals surface area contributed by atoms with E-state index in [4.69, 9.17) is 0 Å². The summed E-state index contributed by atoms with van der Waals surface area (Å²) in [6.07, 6.45) is -3.93. The molecule has 20 heavy (non-hydrogen) atoms. The van der Waals surface area contributed by atoms with E-state index in [1.54, 1.807) is 0 Å². The van der Waals surface area contributed by atoms with Gasteiger partial charge in [0.15, 0.2) is 5.69 Å². The zero-order valence-corrected chi connectivity index (χ0v) is 12.8. The molecule has 0 aliphatic heterocycles. The summed E-state index contributed by atoms with van der Waals surface area (Å²) in [5, 5.41) is 5.45. The molecule has 7 heteroatoms. The Morgan fingerprint density at radius 2 is 2.10 bits per heavy atom. The molecule has 0 atom stereocenters. The summed E-state index contributed by atoms with van der Waals surface area (Å²) < 4.78 is 39.0. The molecule has 0 amide bonds. The molecule has 0 saturated carbocycles. The van der Waals surface area contributed by atoms with Crippen LogP contribution in [-0.2, 0) is 19.1 Å². The second kappa shape index (κ2) is 6.24. The number of hydrogen-bond donors (Lipinski definition) is 1. The minimum Gasteiger partial charge on any atom is -0.310 e. The van der Waals surface area contributed by atoms with E-state index < -0.39 is 11.9 Å². The Kier molecular flexibility index (Phi) is 4.82. The van der Waals surface area contributed by atoms with Crippen LogP contribution < -0.4 is 5.32 Å². The molecule has 0 aliphatic carbocycles. The summed E-state index contributed by atoms with van der Waals surface area (Å²) in [5.74, 6) is 0. The average molecular weight is 320 g/mol. The van der Waals surface area contributed by atoms with Crippen molar-refractivity contribution in [1.29, 1.82) is 0 Å². The molecule has 1 N–H and O–H groups in total. The molecule has 110 valence electrons. The molecule has 2 rings (SSSR count). The largest absolute Gasteiger partial charge is 0.434 e. The highest BCUT2D eigenvalue weighted by molar-refractivity contribution is 7.12. The molecule has 0 bridgehead atoms. The van der Waals surface area contributed by atoms with Gasteiger partial charge in [0.1, 0.15) is 0 Å². The van der Waals surface area contributed by atoms with Gasteiger partial charge in [0, 0.05) is 23.9 Å². The fraction of sp³-hybridized carbons (Fsp3) is 0.462. The zero-order chi connectivity index (χ0) is 14.8. The monoisotopic (exact) mass is 320 g/mol. The van der Waals surface area contributed by atoms with Crippen LogP contribution in [0.15, 0.2) is 17.5 Å². The molecule has 0 radical (unpaired) electrons. The van der Waals surface area contributed by atoms with E-state index in [1.165, 1.54) is 11.3 Å². The van der Waals surface area contributed by atoms with Crippen molar-refractivity contribution < 1.29 is 13.2 Å². The van der Waals surface area contributed by atoms with Gasteiger partial charge in [0.05, 0.1) is 9.88 Å². The van der Waals surface area contributed by atoms with Gasteiger partial charge >= 0.3 is 6.18 Å². The lowest BCUT2D eigenvalue weighted by Gasteiger charge is -2.09. The van der Waals surface area contributed by atoms with Gasteiger partial charge < -0.3 is 5.32 Å². The molecular weight excluding hydrogens is 305 g/mol. The summed E-state index contributed by atoms with van der Waals surface area (Å²) in [5.41, 5.74) is -0.748. The van der Waals surface area contributed by atoms with Crippen molar-refractivity contribution >= 4 is 22.7 Å². The van der Waals surface area contributed by atoms with Gasteiger partial charge in [-0.1, -0.05) is 19.9 Å². The van der Waals surface area contributed by atoms with E-state index in [9.17, 15) is 13.2 Å². The summed E-state index contributed by atoms with van der Waals surface area (Å²) in [7, 11) is 0. The lowest BCUT2D eigenvalue weighted by atomic mass is 10.3. The second-order valence-electron chi connectivity index (χ2n) is 4.67. The predicted octanol–water partition coefficient (Wildman–Crippen LogP) is 4.31. The maximum Gasteiger partial charge on any atom is 0.434 e. The Balaban J connectivity index is 2.22. The van der Waals surface area contributed by atoms with Crippen LogP contribution in [0.3, 0.4) is 0 Å². The first-order chi connectivity index (χ1) is 9.36. The standard InChI is InChI=1S/C13H15F3N2S2/c1-8(2)17-7-10-12(13(14,15)16)18-11(20-10)6-9-4-3-5-19-9/h3-5,8,17H,6-7H2,1-2H3. The molecule has 2 heterocycles. The van der Waals surface area contributed by atoms with E-state index >= 15 is 0 Å². The van der Waals surface area contributed by atoms with Crippen LogP contribution in [0.2, 0.25) is 0 Å². The van der Waals surface area contributed by atoms with Crippen LogP contribution in [0.1, 0.15) is 34.3 Å². The van der Waals surface area contributed by atoms with Crippen LogP contribution in [0, 0.1) is 0 Å². The Morgan fingerprint density at radius 1 is 1.35 bits per heavy atom. The van der Waals surface area contributed by atoms with Crippen molar-refractivity contribution in [2.45, 2.75) is 39.0 Å². The number of aromatic nitrogens is 1. The van der Waals surface area contributed by atoms with Gasteiger partial charge in [-0.25, -0.2) is 4.98 Å². The molecule has 0 unspecified atom stereocenters. The van der Waals surface area contributed by atoms with Gasteiger partial charge in [-0.15, -0.1) is 22.7 Å². The van der Waals surface area contributed by atoms with Crippen molar-refractivity contribution in [3.8, 4) is 0 Å². The van der Waals surface area contributed by atoms with Crippen molar-refractivity contribution in [2.75, 3.05) is 0 Å². The summed E-state index contributed by atoms with van der Waals surface area (Å²) >= 11 is 2.67. The quantitative estimate of drug-likeness (QED) is 0.888. The third-order valence-corrected chi connectivity index (χ3v) is 4.52. The highest BCUT2D eigenvalue weighted by atomic mass is 32.1. The minimum absolute atomic E-state index is 0.138. The predicted molar refractivity (Wildman–Crippen MR) is 76.2 cm³/mol. The molecule has 0 aliphatic rings. The first-order valence-electron chi connectivity index (χ1n) is 6.18. The highest BCUT2D eigenvalue weighted by Crippen LogP contribution is 2.35. The molecule has 0 fully saturated rings. The number of alkyl halides is 3. The van der Waals surface area contributed by atoms with E-state index in [0.717, 1.165) is 16.2 Å². The Bertz CT molecular complexity index is 544. The Hall–Kier alpha value is -0.920. The zero-order valence-electron chi connectivity index (χ0n) is 11.1. The Morgan fingerprint density at radius 3 is 2.65 bits per heavy atom. The maximum absolute atomic E-state index is 13.0. The topological polar surface area (TPSA) is 24.9 Å². The molecule has 0 spiro atoms. The maximum atomic E-state index is 13.0. The summed E-state index contributed by atoms with van der Waals surface area (Å²) in [4.78, 5) is 5.08. The van der Waals surface area contributed by atoms with E-state index in [1.807, 2.05) is 31.4 Å². The third-order valence-electron chi connectivity index (χ3n) is 2.59. The number of nitrogens with zero attached hydrogens (tertiary/aromatic N) is 1. The minimum atomic E-state index is -4.39. The van der Waals surface area contributed by atoms with E-state index in [2.05, 4.69) is 10.3 Å². The fourth-order valence-electron chi connectivity index (χ4n) is 1.68. The van der Waals surface area contributed by atoms with E-state index in [0.29, 0.717) is 11.4 Å². The first kappa shape index (κ1) is 15.5. The summed E-state index contributed by atoms with van der Waals surface area (Å²) in [6.45, 7) is 4.01. The van der Waals surface area contributed by atoms with Crippen molar-refractivity contribution in [3.05, 3.63) is 38.0 Å². The van der Waals surface area contributed by atoms with Crippen LogP contribution >= 0.6 is 22.7 Å². The van der Waals surface area contributed by atoms with Gasteiger partial charge in [-0.2, -0.15) is 13.2 Å². The average Bonchev–Trinajstić information content (AvgIpc) is 2.95. The molecular formula is C13H15F3N2S2. The van der Waals surface area contributed by atoms with Gasteiger partial charge in [0.2, 0.25) is 0 Å². The molecule has 0 saturated heterocycles. The van der Waals surface area contributed by atoms with E-state index in [-0.39, 0.29) is 17.5 Å². The normalized spacial score (nSPS) is 12.3. The molecule has 0 aromatic carbocycles. The van der Waals surface area contributed by atoms with Gasteiger partial charge in [-0.05, 0) is 11.4 Å². The van der Waals surface area contributed by atoms with Crippen molar-refractivity contribution in [1.82, 2.24) is 10.3 Å². The number of nitrogens with one attached hydrogen (secondary N) is 1.